The summed E-state index contributed by atoms with van der Waals surface area (Å²) in [6.45, 7) is 9.02. The molecule has 3 N–H and O–H groups in total. The second kappa shape index (κ2) is 6.29. The summed E-state index contributed by atoms with van der Waals surface area (Å²) < 4.78 is 4.97. The molecule has 2 rings (SSSR count). The zero-order valence-electron chi connectivity index (χ0n) is 13.2. The number of aromatic nitrogens is 4. The molecule has 0 aliphatic carbocycles. The smallest absolute Gasteiger partial charge is 0.0738 e. The molecule has 2 aromatic rings. The molecule has 0 aliphatic heterocycles. The number of hydrogen-bond donors (Lipinski definition) is 2. The van der Waals surface area contributed by atoms with Gasteiger partial charge >= 0.3 is 0 Å². The van der Waals surface area contributed by atoms with Gasteiger partial charge in [0, 0.05) is 31.3 Å². The van der Waals surface area contributed by atoms with Crippen molar-refractivity contribution in [2.24, 2.45) is 12.9 Å². The van der Waals surface area contributed by atoms with Crippen LogP contribution in [0.2, 0.25) is 0 Å². The molecule has 0 saturated heterocycles. The van der Waals surface area contributed by atoms with Gasteiger partial charge in [0.2, 0.25) is 0 Å². The first-order valence-electron chi connectivity index (χ1n) is 7.08. The number of hydrazine groups is 1. The third-order valence-corrected chi connectivity index (χ3v) is 5.00. The van der Waals surface area contributed by atoms with Gasteiger partial charge in [0.1, 0.15) is 0 Å². The largest absolute Gasteiger partial charge is 0.272 e. The van der Waals surface area contributed by atoms with Gasteiger partial charge in [-0.2, -0.15) is 10.2 Å². The van der Waals surface area contributed by atoms with Crippen molar-refractivity contribution in [1.29, 1.82) is 0 Å². The Balaban J connectivity index is 2.40. The lowest BCUT2D eigenvalue weighted by molar-refractivity contribution is 0.512. The molecule has 1 unspecified atom stereocenters. The van der Waals surface area contributed by atoms with Crippen molar-refractivity contribution in [3.63, 3.8) is 0 Å². The first-order chi connectivity index (χ1) is 9.90. The summed E-state index contributed by atoms with van der Waals surface area (Å²) in [6.07, 6.45) is 0.763. The fraction of sp³-hybridized carbons (Fsp3) is 0.571. The standard InChI is InChI=1S/C14H23BrN6/c1-6-21-12(14(15)9(3)19-21)7-11(17-16)13-8(2)18-20(5)10(13)4/h11,17H,6-7,16H2,1-5H3. The molecule has 6 nitrogen and oxygen atoms in total. The first-order valence-corrected chi connectivity index (χ1v) is 7.87. The Morgan fingerprint density at radius 1 is 1.24 bits per heavy atom. The lowest BCUT2D eigenvalue weighted by Gasteiger charge is -2.18. The molecule has 0 aromatic carbocycles. The van der Waals surface area contributed by atoms with Crippen LogP contribution >= 0.6 is 15.9 Å². The van der Waals surface area contributed by atoms with Crippen LogP contribution in [-0.2, 0) is 20.0 Å². The van der Waals surface area contributed by atoms with Crippen LogP contribution in [0.4, 0.5) is 0 Å². The van der Waals surface area contributed by atoms with Gasteiger partial charge in [0.05, 0.1) is 27.6 Å². The van der Waals surface area contributed by atoms with E-state index in [1.54, 1.807) is 0 Å². The van der Waals surface area contributed by atoms with Crippen molar-refractivity contribution in [2.75, 3.05) is 0 Å². The summed E-state index contributed by atoms with van der Waals surface area (Å²) in [6, 6.07) is 0.0106. The summed E-state index contributed by atoms with van der Waals surface area (Å²) in [7, 11) is 1.95. The summed E-state index contributed by atoms with van der Waals surface area (Å²) in [5, 5.41) is 9.02. The Bertz CT molecular complexity index is 642. The highest BCUT2D eigenvalue weighted by Crippen LogP contribution is 2.28. The van der Waals surface area contributed by atoms with Gasteiger partial charge < -0.3 is 0 Å². The Morgan fingerprint density at radius 2 is 1.90 bits per heavy atom. The Kier molecular flexibility index (Phi) is 4.85. The number of nitrogens with two attached hydrogens (primary N) is 1. The quantitative estimate of drug-likeness (QED) is 0.636. The lowest BCUT2D eigenvalue weighted by Crippen LogP contribution is -2.31. The predicted molar refractivity (Wildman–Crippen MR) is 86.8 cm³/mol. The number of rotatable bonds is 5. The number of nitrogens with zero attached hydrogens (tertiary/aromatic N) is 4. The molecule has 116 valence electrons. The minimum absolute atomic E-state index is 0.0106. The summed E-state index contributed by atoms with van der Waals surface area (Å²) >= 11 is 3.64. The molecule has 0 spiro atoms. The summed E-state index contributed by atoms with van der Waals surface area (Å²) in [5.74, 6) is 5.82. The number of halogens is 1. The van der Waals surface area contributed by atoms with E-state index in [1.807, 2.05) is 30.3 Å². The number of aryl methyl sites for hydroxylation is 4. The summed E-state index contributed by atoms with van der Waals surface area (Å²) in [5.41, 5.74) is 8.39. The third-order valence-electron chi connectivity index (χ3n) is 3.96. The van der Waals surface area contributed by atoms with E-state index in [1.165, 1.54) is 0 Å². The normalized spacial score (nSPS) is 12.9. The topological polar surface area (TPSA) is 73.7 Å². The van der Waals surface area contributed by atoms with Crippen LogP contribution in [0.1, 0.15) is 41.3 Å². The van der Waals surface area contributed by atoms with Crippen molar-refractivity contribution in [2.45, 2.75) is 46.7 Å². The van der Waals surface area contributed by atoms with E-state index in [2.05, 4.69) is 45.4 Å². The SMILES string of the molecule is CCn1nc(C)c(Br)c1CC(NN)c1c(C)nn(C)c1C. The van der Waals surface area contributed by atoms with Crippen LogP contribution in [0.25, 0.3) is 0 Å². The van der Waals surface area contributed by atoms with E-state index in [9.17, 15) is 0 Å². The Hall–Kier alpha value is -1.18. The average Bonchev–Trinajstić information content (AvgIpc) is 2.86. The molecular formula is C14H23BrN6. The maximum absolute atomic E-state index is 5.82. The number of nitrogens with one attached hydrogen (secondary N) is 1. The molecule has 0 saturated carbocycles. The molecule has 0 fully saturated rings. The minimum atomic E-state index is 0.0106. The Labute approximate surface area is 133 Å². The highest BCUT2D eigenvalue weighted by atomic mass is 79.9. The fourth-order valence-electron chi connectivity index (χ4n) is 2.80. The highest BCUT2D eigenvalue weighted by molar-refractivity contribution is 9.10. The molecule has 0 aliphatic rings. The maximum Gasteiger partial charge on any atom is 0.0738 e. The van der Waals surface area contributed by atoms with E-state index < -0.39 is 0 Å². The van der Waals surface area contributed by atoms with Crippen molar-refractivity contribution < 1.29 is 0 Å². The lowest BCUT2D eigenvalue weighted by atomic mass is 10.0. The van der Waals surface area contributed by atoms with Gasteiger partial charge in [-0.05, 0) is 43.6 Å². The van der Waals surface area contributed by atoms with E-state index in [0.717, 1.165) is 45.8 Å². The molecule has 0 radical (unpaired) electrons. The van der Waals surface area contributed by atoms with E-state index in [0.29, 0.717) is 0 Å². The van der Waals surface area contributed by atoms with Crippen LogP contribution < -0.4 is 11.3 Å². The van der Waals surface area contributed by atoms with Gasteiger partial charge in [-0.15, -0.1) is 0 Å². The second-order valence-corrected chi connectivity index (χ2v) is 6.09. The van der Waals surface area contributed by atoms with E-state index >= 15 is 0 Å². The molecule has 2 heterocycles. The molecule has 7 heteroatoms. The van der Waals surface area contributed by atoms with Crippen molar-refractivity contribution in [1.82, 2.24) is 25.0 Å². The molecule has 0 bridgehead atoms. The number of hydrogen-bond acceptors (Lipinski definition) is 4. The van der Waals surface area contributed by atoms with Gasteiger partial charge in [0.15, 0.2) is 0 Å². The summed E-state index contributed by atoms with van der Waals surface area (Å²) in [4.78, 5) is 0. The molecule has 0 amide bonds. The average molecular weight is 355 g/mol. The molecule has 1 atom stereocenters. The Morgan fingerprint density at radius 3 is 2.38 bits per heavy atom. The highest BCUT2D eigenvalue weighted by Gasteiger charge is 2.23. The molecular weight excluding hydrogens is 332 g/mol. The van der Waals surface area contributed by atoms with Crippen LogP contribution in [0, 0.1) is 20.8 Å². The zero-order valence-corrected chi connectivity index (χ0v) is 14.8. The van der Waals surface area contributed by atoms with Gasteiger partial charge in [0.25, 0.3) is 0 Å². The molecule has 2 aromatic heterocycles. The molecule has 21 heavy (non-hydrogen) atoms. The van der Waals surface area contributed by atoms with E-state index in [4.69, 9.17) is 5.84 Å². The van der Waals surface area contributed by atoms with E-state index in [-0.39, 0.29) is 6.04 Å². The maximum atomic E-state index is 5.82. The predicted octanol–water partition coefficient (Wildman–Crippen LogP) is 2.07. The monoisotopic (exact) mass is 354 g/mol. The van der Waals surface area contributed by atoms with Crippen LogP contribution in [-0.4, -0.2) is 19.6 Å². The zero-order chi connectivity index (χ0) is 15.7. The second-order valence-electron chi connectivity index (χ2n) is 5.29. The van der Waals surface area contributed by atoms with Gasteiger partial charge in [-0.3, -0.25) is 20.6 Å². The van der Waals surface area contributed by atoms with Crippen LogP contribution in [0.15, 0.2) is 4.47 Å². The van der Waals surface area contributed by atoms with Crippen LogP contribution in [0.5, 0.6) is 0 Å². The van der Waals surface area contributed by atoms with Gasteiger partial charge in [-0.25, -0.2) is 0 Å². The minimum Gasteiger partial charge on any atom is -0.272 e. The fourth-order valence-corrected chi connectivity index (χ4v) is 3.24. The van der Waals surface area contributed by atoms with Crippen molar-refractivity contribution >= 4 is 15.9 Å². The van der Waals surface area contributed by atoms with Crippen molar-refractivity contribution in [3.8, 4) is 0 Å². The van der Waals surface area contributed by atoms with Crippen molar-refractivity contribution in [3.05, 3.63) is 32.8 Å². The third kappa shape index (κ3) is 2.90. The van der Waals surface area contributed by atoms with Crippen LogP contribution in [0.3, 0.4) is 0 Å². The first kappa shape index (κ1) is 16.2. The van der Waals surface area contributed by atoms with Gasteiger partial charge in [-0.1, -0.05) is 0 Å².